The molecule has 0 atom stereocenters. The lowest BCUT2D eigenvalue weighted by atomic mass is 10.3. The lowest BCUT2D eigenvalue weighted by Crippen LogP contribution is -2.26. The van der Waals surface area contributed by atoms with Gasteiger partial charge < -0.3 is 10.4 Å². The van der Waals surface area contributed by atoms with Gasteiger partial charge in [0.05, 0.1) is 16.6 Å². The third kappa shape index (κ3) is 1.81. The molecule has 0 unspecified atom stereocenters. The van der Waals surface area contributed by atoms with E-state index in [0.29, 0.717) is 0 Å². The first-order valence-corrected chi connectivity index (χ1v) is 4.90. The second kappa shape index (κ2) is 3.23. The lowest BCUT2D eigenvalue weighted by Gasteiger charge is -2.15. The summed E-state index contributed by atoms with van der Waals surface area (Å²) >= 11 is 3.34. The van der Waals surface area contributed by atoms with Gasteiger partial charge in [0.25, 0.3) is 0 Å². The van der Waals surface area contributed by atoms with Crippen molar-refractivity contribution < 1.29 is 5.11 Å². The number of anilines is 1. The van der Waals surface area contributed by atoms with Crippen molar-refractivity contribution in [3.8, 4) is 0 Å². The van der Waals surface area contributed by atoms with Gasteiger partial charge in [-0.1, -0.05) is 0 Å². The molecule has 5 heteroatoms. The summed E-state index contributed by atoms with van der Waals surface area (Å²) < 4.78 is 0.828. The third-order valence-corrected chi connectivity index (χ3v) is 2.79. The molecule has 70 valence electrons. The van der Waals surface area contributed by atoms with E-state index in [9.17, 15) is 0 Å². The monoisotopic (exact) mass is 243 g/mol. The fourth-order valence-corrected chi connectivity index (χ4v) is 1.45. The van der Waals surface area contributed by atoms with Crippen molar-refractivity contribution in [2.24, 2.45) is 0 Å². The minimum Gasteiger partial charge on any atom is -0.394 e. The molecule has 1 heterocycles. The number of aliphatic hydroxyl groups is 1. The molecule has 13 heavy (non-hydrogen) atoms. The van der Waals surface area contributed by atoms with Crippen molar-refractivity contribution in [3.05, 3.63) is 17.0 Å². The smallest absolute Gasteiger partial charge is 0.144 e. The molecular formula is C8H10BrN3O. The van der Waals surface area contributed by atoms with E-state index in [1.165, 1.54) is 6.33 Å². The molecule has 2 N–H and O–H groups in total. The van der Waals surface area contributed by atoms with E-state index in [-0.39, 0.29) is 12.1 Å². The molecule has 0 amide bonds. The molecule has 1 aliphatic carbocycles. The van der Waals surface area contributed by atoms with Gasteiger partial charge in [0.2, 0.25) is 0 Å². The number of nitrogens with one attached hydrogen (secondary N) is 1. The summed E-state index contributed by atoms with van der Waals surface area (Å²) in [4.78, 5) is 7.93. The summed E-state index contributed by atoms with van der Waals surface area (Å²) in [7, 11) is 0. The molecule has 0 radical (unpaired) electrons. The second-order valence-corrected chi connectivity index (χ2v) is 4.14. The number of aliphatic hydroxyl groups excluding tert-OH is 1. The van der Waals surface area contributed by atoms with Crippen LogP contribution in [0.4, 0.5) is 5.82 Å². The highest BCUT2D eigenvalue weighted by atomic mass is 79.9. The highest BCUT2D eigenvalue weighted by Crippen LogP contribution is 2.38. The summed E-state index contributed by atoms with van der Waals surface area (Å²) in [6, 6.07) is 0. The average Bonchev–Trinajstić information content (AvgIpc) is 2.90. The van der Waals surface area contributed by atoms with Crippen LogP contribution in [0.1, 0.15) is 12.8 Å². The van der Waals surface area contributed by atoms with E-state index in [4.69, 9.17) is 5.11 Å². The van der Waals surface area contributed by atoms with Gasteiger partial charge in [-0.3, -0.25) is 0 Å². The van der Waals surface area contributed by atoms with Crippen LogP contribution in [-0.4, -0.2) is 27.2 Å². The molecule has 0 aliphatic heterocycles. The summed E-state index contributed by atoms with van der Waals surface area (Å²) in [5.41, 5.74) is -0.128. The molecule has 1 aromatic heterocycles. The number of nitrogens with zero attached hydrogens (tertiary/aromatic N) is 2. The Hall–Kier alpha value is -0.680. The van der Waals surface area contributed by atoms with E-state index in [1.807, 2.05) is 0 Å². The number of aromatic nitrogens is 2. The van der Waals surface area contributed by atoms with Crippen LogP contribution in [0.2, 0.25) is 0 Å². The lowest BCUT2D eigenvalue weighted by molar-refractivity contribution is 0.266. The largest absolute Gasteiger partial charge is 0.394 e. The van der Waals surface area contributed by atoms with Crippen molar-refractivity contribution in [1.29, 1.82) is 0 Å². The summed E-state index contributed by atoms with van der Waals surface area (Å²) in [5.74, 6) is 0.751. The van der Waals surface area contributed by atoms with Gasteiger partial charge in [-0.25, -0.2) is 9.97 Å². The van der Waals surface area contributed by atoms with Crippen LogP contribution in [0.25, 0.3) is 0 Å². The average molecular weight is 244 g/mol. The van der Waals surface area contributed by atoms with E-state index in [0.717, 1.165) is 23.1 Å². The van der Waals surface area contributed by atoms with Gasteiger partial charge in [-0.2, -0.15) is 0 Å². The van der Waals surface area contributed by atoms with Gasteiger partial charge in [0, 0.05) is 6.20 Å². The van der Waals surface area contributed by atoms with Gasteiger partial charge in [-0.15, -0.1) is 0 Å². The standard InChI is InChI=1S/C8H10BrN3O/c9-6-3-10-5-11-7(6)12-8(4-13)1-2-8/h3,5,13H,1-2,4H2,(H,10,11,12). The zero-order valence-electron chi connectivity index (χ0n) is 7.00. The third-order valence-electron chi connectivity index (χ3n) is 2.21. The Morgan fingerprint density at radius 1 is 1.62 bits per heavy atom. The molecule has 1 aromatic rings. The van der Waals surface area contributed by atoms with E-state index in [1.54, 1.807) is 6.20 Å². The van der Waals surface area contributed by atoms with Gasteiger partial charge in [-0.05, 0) is 28.8 Å². The predicted octanol–water partition coefficient (Wildman–Crippen LogP) is 1.18. The minimum absolute atomic E-state index is 0.128. The molecule has 1 fully saturated rings. The molecule has 0 bridgehead atoms. The van der Waals surface area contributed by atoms with Crippen LogP contribution in [-0.2, 0) is 0 Å². The fraction of sp³-hybridized carbons (Fsp3) is 0.500. The normalized spacial score (nSPS) is 18.3. The topological polar surface area (TPSA) is 58.0 Å². The van der Waals surface area contributed by atoms with Gasteiger partial charge in [0.15, 0.2) is 0 Å². The Morgan fingerprint density at radius 3 is 2.92 bits per heavy atom. The van der Waals surface area contributed by atoms with Crippen LogP contribution in [0.5, 0.6) is 0 Å². The van der Waals surface area contributed by atoms with Crippen molar-refractivity contribution in [1.82, 2.24) is 9.97 Å². The Morgan fingerprint density at radius 2 is 2.38 bits per heavy atom. The van der Waals surface area contributed by atoms with E-state index < -0.39 is 0 Å². The van der Waals surface area contributed by atoms with Gasteiger partial charge >= 0.3 is 0 Å². The number of hydrogen-bond acceptors (Lipinski definition) is 4. The first-order chi connectivity index (χ1) is 6.26. The molecule has 1 aliphatic rings. The maximum atomic E-state index is 9.09. The van der Waals surface area contributed by atoms with Crippen molar-refractivity contribution in [2.45, 2.75) is 18.4 Å². The molecule has 2 rings (SSSR count). The molecule has 4 nitrogen and oxygen atoms in total. The van der Waals surface area contributed by atoms with Crippen LogP contribution in [0.15, 0.2) is 17.0 Å². The summed E-state index contributed by atoms with van der Waals surface area (Å²) in [6.07, 6.45) is 5.17. The van der Waals surface area contributed by atoms with Crippen LogP contribution in [0, 0.1) is 0 Å². The number of rotatable bonds is 3. The minimum atomic E-state index is -0.128. The maximum absolute atomic E-state index is 9.09. The van der Waals surface area contributed by atoms with E-state index in [2.05, 4.69) is 31.2 Å². The van der Waals surface area contributed by atoms with E-state index >= 15 is 0 Å². The van der Waals surface area contributed by atoms with Crippen molar-refractivity contribution in [2.75, 3.05) is 11.9 Å². The van der Waals surface area contributed by atoms with Crippen molar-refractivity contribution >= 4 is 21.7 Å². The highest BCUT2D eigenvalue weighted by molar-refractivity contribution is 9.10. The quantitative estimate of drug-likeness (QED) is 0.838. The number of hydrogen-bond donors (Lipinski definition) is 2. The Bertz CT molecular complexity index is 314. The molecule has 0 spiro atoms. The zero-order chi connectivity index (χ0) is 9.31. The Labute approximate surface area is 84.5 Å². The van der Waals surface area contributed by atoms with Crippen LogP contribution >= 0.6 is 15.9 Å². The first kappa shape index (κ1) is 8.90. The van der Waals surface area contributed by atoms with Crippen LogP contribution in [0.3, 0.4) is 0 Å². The Kier molecular flexibility index (Phi) is 2.21. The Balaban J connectivity index is 2.14. The highest BCUT2D eigenvalue weighted by Gasteiger charge is 2.42. The van der Waals surface area contributed by atoms with Crippen molar-refractivity contribution in [3.63, 3.8) is 0 Å². The zero-order valence-corrected chi connectivity index (χ0v) is 8.58. The van der Waals surface area contributed by atoms with Gasteiger partial charge in [0.1, 0.15) is 12.1 Å². The summed E-state index contributed by atoms with van der Waals surface area (Å²) in [5, 5.41) is 12.3. The molecule has 1 saturated carbocycles. The fourth-order valence-electron chi connectivity index (χ4n) is 1.13. The molecule has 0 saturated heterocycles. The maximum Gasteiger partial charge on any atom is 0.144 e. The predicted molar refractivity (Wildman–Crippen MR) is 52.4 cm³/mol. The number of halogens is 1. The second-order valence-electron chi connectivity index (χ2n) is 3.28. The first-order valence-electron chi connectivity index (χ1n) is 4.10. The van der Waals surface area contributed by atoms with Crippen LogP contribution < -0.4 is 5.32 Å². The SMILES string of the molecule is OCC1(Nc2ncncc2Br)CC1. The molecular weight excluding hydrogens is 234 g/mol. The summed E-state index contributed by atoms with van der Waals surface area (Å²) in [6.45, 7) is 0.156. The molecule has 0 aromatic carbocycles.